The fraction of sp³-hybridized carbons (Fsp3) is 0.188. The quantitative estimate of drug-likeness (QED) is 0.823. The lowest BCUT2D eigenvalue weighted by atomic mass is 10.1. The maximum Gasteiger partial charge on any atom is 0.387 e. The number of aromatic nitrogens is 1. The molecule has 2 aromatic rings. The Hall–Kier alpha value is -3.03. The third-order valence-electron chi connectivity index (χ3n) is 3.08. The van der Waals surface area contributed by atoms with Crippen molar-refractivity contribution in [2.45, 2.75) is 19.6 Å². The van der Waals surface area contributed by atoms with Gasteiger partial charge in [-0.25, -0.2) is 0 Å². The highest BCUT2D eigenvalue weighted by atomic mass is 19.3. The average Bonchev–Trinajstić information content (AvgIpc) is 2.55. The summed E-state index contributed by atoms with van der Waals surface area (Å²) in [6.45, 7) is -1.25. The Labute approximate surface area is 136 Å². The number of nitrogens with one attached hydrogen (secondary N) is 2. The number of pyridine rings is 1. The maximum atomic E-state index is 12.2. The molecule has 2 N–H and O–H groups in total. The van der Waals surface area contributed by atoms with Crippen LogP contribution in [0.25, 0.3) is 0 Å². The Morgan fingerprint density at radius 2 is 1.83 bits per heavy atom. The zero-order valence-electron chi connectivity index (χ0n) is 12.7. The first kappa shape index (κ1) is 17.3. The minimum atomic E-state index is -2.97. The maximum absolute atomic E-state index is 12.2. The van der Waals surface area contributed by atoms with Gasteiger partial charge in [0.1, 0.15) is 5.75 Å². The van der Waals surface area contributed by atoms with E-state index in [1.807, 2.05) is 0 Å². The summed E-state index contributed by atoms with van der Waals surface area (Å²) in [5.74, 6) is -1.88. The SMILES string of the molecule is CC(NC(=O)C(=O)Nc1cccc(OC(F)F)c1)c1ccncc1. The number of carbonyl (C=O) groups excluding carboxylic acids is 2. The van der Waals surface area contributed by atoms with E-state index >= 15 is 0 Å². The van der Waals surface area contributed by atoms with Gasteiger partial charge in [0.15, 0.2) is 0 Å². The molecular formula is C16H15F2N3O3. The van der Waals surface area contributed by atoms with Gasteiger partial charge >= 0.3 is 18.4 Å². The summed E-state index contributed by atoms with van der Waals surface area (Å²) in [6, 6.07) is 8.43. The molecular weight excluding hydrogens is 320 g/mol. The molecule has 0 radical (unpaired) electrons. The topological polar surface area (TPSA) is 80.3 Å². The highest BCUT2D eigenvalue weighted by molar-refractivity contribution is 6.39. The number of hydrogen-bond acceptors (Lipinski definition) is 4. The second-order valence-corrected chi connectivity index (χ2v) is 4.84. The third-order valence-corrected chi connectivity index (χ3v) is 3.08. The number of hydrogen-bond donors (Lipinski definition) is 2. The lowest BCUT2D eigenvalue weighted by molar-refractivity contribution is -0.136. The molecule has 1 aromatic heterocycles. The molecule has 0 spiro atoms. The number of alkyl halides is 2. The van der Waals surface area contributed by atoms with Crippen molar-refractivity contribution in [1.82, 2.24) is 10.3 Å². The molecule has 0 aliphatic carbocycles. The Morgan fingerprint density at radius 1 is 1.12 bits per heavy atom. The minimum absolute atomic E-state index is 0.117. The normalized spacial score (nSPS) is 11.7. The van der Waals surface area contributed by atoms with E-state index in [0.717, 1.165) is 5.56 Å². The van der Waals surface area contributed by atoms with Crippen molar-refractivity contribution in [3.63, 3.8) is 0 Å². The van der Waals surface area contributed by atoms with Crippen LogP contribution in [0.4, 0.5) is 14.5 Å². The van der Waals surface area contributed by atoms with Crippen LogP contribution < -0.4 is 15.4 Å². The number of nitrogens with zero attached hydrogens (tertiary/aromatic N) is 1. The summed E-state index contributed by atoms with van der Waals surface area (Å²) >= 11 is 0. The van der Waals surface area contributed by atoms with Crippen LogP contribution in [0.1, 0.15) is 18.5 Å². The Morgan fingerprint density at radius 3 is 2.50 bits per heavy atom. The highest BCUT2D eigenvalue weighted by Crippen LogP contribution is 2.19. The van der Waals surface area contributed by atoms with Crippen LogP contribution in [-0.4, -0.2) is 23.4 Å². The smallest absolute Gasteiger partial charge is 0.387 e. The molecule has 1 atom stereocenters. The molecule has 0 bridgehead atoms. The van der Waals surface area contributed by atoms with E-state index in [1.54, 1.807) is 31.5 Å². The first-order valence-corrected chi connectivity index (χ1v) is 7.02. The van der Waals surface area contributed by atoms with Gasteiger partial charge in [-0.15, -0.1) is 0 Å². The number of carbonyl (C=O) groups is 2. The van der Waals surface area contributed by atoms with Gasteiger partial charge in [-0.1, -0.05) is 6.07 Å². The molecule has 0 aliphatic heterocycles. The van der Waals surface area contributed by atoms with Crippen molar-refractivity contribution in [1.29, 1.82) is 0 Å². The van der Waals surface area contributed by atoms with E-state index in [-0.39, 0.29) is 17.5 Å². The Balaban J connectivity index is 1.95. The second-order valence-electron chi connectivity index (χ2n) is 4.84. The minimum Gasteiger partial charge on any atom is -0.435 e. The van der Waals surface area contributed by atoms with Crippen molar-refractivity contribution in [3.05, 3.63) is 54.4 Å². The number of ether oxygens (including phenoxy) is 1. The Kier molecular flexibility index (Phi) is 5.78. The summed E-state index contributed by atoms with van der Waals surface area (Å²) in [5, 5.41) is 4.86. The molecule has 6 nitrogen and oxygen atoms in total. The first-order chi connectivity index (χ1) is 11.5. The fourth-order valence-corrected chi connectivity index (χ4v) is 1.94. The molecule has 8 heteroatoms. The van der Waals surface area contributed by atoms with Crippen LogP contribution in [0.5, 0.6) is 5.75 Å². The highest BCUT2D eigenvalue weighted by Gasteiger charge is 2.17. The molecule has 24 heavy (non-hydrogen) atoms. The van der Waals surface area contributed by atoms with Crippen LogP contribution in [0.15, 0.2) is 48.8 Å². The van der Waals surface area contributed by atoms with Gasteiger partial charge in [-0.2, -0.15) is 8.78 Å². The van der Waals surface area contributed by atoms with Gasteiger partial charge in [0.05, 0.1) is 6.04 Å². The largest absolute Gasteiger partial charge is 0.435 e. The van der Waals surface area contributed by atoms with Crippen molar-refractivity contribution in [2.24, 2.45) is 0 Å². The number of amides is 2. The van der Waals surface area contributed by atoms with E-state index < -0.39 is 18.4 Å². The summed E-state index contributed by atoms with van der Waals surface area (Å²) in [6.07, 6.45) is 3.15. The molecule has 126 valence electrons. The third kappa shape index (κ3) is 5.01. The molecule has 0 saturated carbocycles. The van der Waals surface area contributed by atoms with Crippen LogP contribution >= 0.6 is 0 Å². The molecule has 2 amide bonds. The summed E-state index contributed by atoms with van der Waals surface area (Å²) in [7, 11) is 0. The van der Waals surface area contributed by atoms with Crippen LogP contribution in [0.2, 0.25) is 0 Å². The van der Waals surface area contributed by atoms with E-state index in [9.17, 15) is 18.4 Å². The van der Waals surface area contributed by atoms with Crippen LogP contribution in [0.3, 0.4) is 0 Å². The predicted molar refractivity (Wildman–Crippen MR) is 82.5 cm³/mol. The number of rotatable bonds is 5. The van der Waals surface area contributed by atoms with Crippen molar-refractivity contribution in [2.75, 3.05) is 5.32 Å². The van der Waals surface area contributed by atoms with Gasteiger partial charge < -0.3 is 15.4 Å². The van der Waals surface area contributed by atoms with Crippen molar-refractivity contribution in [3.8, 4) is 5.75 Å². The molecule has 2 rings (SSSR count). The second kappa shape index (κ2) is 8.00. The molecule has 1 unspecified atom stereocenters. The van der Waals surface area contributed by atoms with E-state index in [0.29, 0.717) is 0 Å². The molecule has 1 heterocycles. The number of anilines is 1. The van der Waals surface area contributed by atoms with E-state index in [4.69, 9.17) is 0 Å². The van der Waals surface area contributed by atoms with Gasteiger partial charge in [0.2, 0.25) is 0 Å². The van der Waals surface area contributed by atoms with E-state index in [1.165, 1.54) is 24.3 Å². The summed E-state index contributed by atoms with van der Waals surface area (Å²) < 4.78 is 28.6. The van der Waals surface area contributed by atoms with Gasteiger partial charge in [0, 0.05) is 24.1 Å². The first-order valence-electron chi connectivity index (χ1n) is 7.02. The molecule has 0 saturated heterocycles. The van der Waals surface area contributed by atoms with Crippen molar-refractivity contribution < 1.29 is 23.1 Å². The number of benzene rings is 1. The monoisotopic (exact) mass is 335 g/mol. The molecule has 0 aliphatic rings. The Bertz CT molecular complexity index is 711. The van der Waals surface area contributed by atoms with Crippen LogP contribution in [-0.2, 0) is 9.59 Å². The standard InChI is InChI=1S/C16H15F2N3O3/c1-10(11-5-7-19-8-6-11)20-14(22)15(23)21-12-3-2-4-13(9-12)24-16(17)18/h2-10,16H,1H3,(H,20,22)(H,21,23). The number of halogens is 2. The molecule has 1 aromatic carbocycles. The van der Waals surface area contributed by atoms with Gasteiger partial charge in [-0.05, 0) is 36.8 Å². The predicted octanol–water partition coefficient (Wildman–Crippen LogP) is 2.50. The van der Waals surface area contributed by atoms with Crippen molar-refractivity contribution >= 4 is 17.5 Å². The van der Waals surface area contributed by atoms with Gasteiger partial charge in [0.25, 0.3) is 0 Å². The molecule has 0 fully saturated rings. The van der Waals surface area contributed by atoms with Crippen LogP contribution in [0, 0.1) is 0 Å². The zero-order chi connectivity index (χ0) is 17.5. The zero-order valence-corrected chi connectivity index (χ0v) is 12.7. The van der Waals surface area contributed by atoms with E-state index in [2.05, 4.69) is 20.4 Å². The summed E-state index contributed by atoms with van der Waals surface area (Å²) in [5.41, 5.74) is 0.961. The summed E-state index contributed by atoms with van der Waals surface area (Å²) in [4.78, 5) is 27.7. The lowest BCUT2D eigenvalue weighted by Gasteiger charge is -2.14. The van der Waals surface area contributed by atoms with Gasteiger partial charge in [-0.3, -0.25) is 14.6 Å². The fourth-order valence-electron chi connectivity index (χ4n) is 1.94. The lowest BCUT2D eigenvalue weighted by Crippen LogP contribution is -2.36. The average molecular weight is 335 g/mol.